The van der Waals surface area contributed by atoms with Gasteiger partial charge in [0, 0.05) is 36.4 Å². The molecule has 0 radical (unpaired) electrons. The van der Waals surface area contributed by atoms with Crippen LogP contribution in [0.1, 0.15) is 43.3 Å². The fraction of sp³-hybridized carbons (Fsp3) is 0.333. The maximum atomic E-state index is 13.7. The predicted molar refractivity (Wildman–Crippen MR) is 106 cm³/mol. The standard InChI is InChI=1S/C21H23F2N3OS/c1-14(2)20-21(28-18-10-16(22)9-17(23)11-18)26(19(25-20)6-4-8-27)13-15-5-3-7-24-12-15/h3,5,7,9-12,14,27H,4,6,8,13H2,1-2H3. The average molecular weight is 403 g/mol. The third-order valence-corrected chi connectivity index (χ3v) is 5.34. The van der Waals surface area contributed by atoms with Gasteiger partial charge in [-0.25, -0.2) is 13.8 Å². The van der Waals surface area contributed by atoms with E-state index in [0.717, 1.165) is 28.2 Å². The largest absolute Gasteiger partial charge is 0.396 e. The van der Waals surface area contributed by atoms with Gasteiger partial charge in [-0.1, -0.05) is 31.7 Å². The number of aromatic nitrogens is 3. The summed E-state index contributed by atoms with van der Waals surface area (Å²) in [6, 6.07) is 7.37. The van der Waals surface area contributed by atoms with Crippen LogP contribution in [0.3, 0.4) is 0 Å². The lowest BCUT2D eigenvalue weighted by atomic mass is 10.1. The van der Waals surface area contributed by atoms with E-state index in [9.17, 15) is 13.9 Å². The monoisotopic (exact) mass is 403 g/mol. The number of rotatable bonds is 8. The zero-order chi connectivity index (χ0) is 20.1. The molecular weight excluding hydrogens is 380 g/mol. The van der Waals surface area contributed by atoms with E-state index in [1.807, 2.05) is 26.0 Å². The number of hydrogen-bond acceptors (Lipinski definition) is 4. The highest BCUT2D eigenvalue weighted by molar-refractivity contribution is 7.99. The zero-order valence-corrected chi connectivity index (χ0v) is 16.7. The van der Waals surface area contributed by atoms with Crippen molar-refractivity contribution in [1.29, 1.82) is 0 Å². The van der Waals surface area contributed by atoms with Gasteiger partial charge in [-0.3, -0.25) is 4.98 Å². The summed E-state index contributed by atoms with van der Waals surface area (Å²) < 4.78 is 29.5. The van der Waals surface area contributed by atoms with E-state index < -0.39 is 11.6 Å². The van der Waals surface area contributed by atoms with Crippen molar-refractivity contribution in [3.8, 4) is 0 Å². The first-order valence-electron chi connectivity index (χ1n) is 9.21. The van der Waals surface area contributed by atoms with Crippen molar-refractivity contribution in [2.45, 2.75) is 49.1 Å². The molecule has 1 aromatic carbocycles. The topological polar surface area (TPSA) is 50.9 Å². The quantitative estimate of drug-likeness (QED) is 0.587. The lowest BCUT2D eigenvalue weighted by Gasteiger charge is -2.13. The van der Waals surface area contributed by atoms with Crippen LogP contribution in [0.15, 0.2) is 52.6 Å². The SMILES string of the molecule is CC(C)c1nc(CCCO)n(Cc2cccnc2)c1Sc1cc(F)cc(F)c1. The van der Waals surface area contributed by atoms with Gasteiger partial charge in [-0.2, -0.15) is 0 Å². The Morgan fingerprint density at radius 1 is 1.18 bits per heavy atom. The maximum Gasteiger partial charge on any atom is 0.127 e. The molecule has 2 aromatic heterocycles. The summed E-state index contributed by atoms with van der Waals surface area (Å²) in [5.41, 5.74) is 1.89. The number of pyridine rings is 1. The number of nitrogens with zero attached hydrogens (tertiary/aromatic N) is 3. The molecule has 7 heteroatoms. The lowest BCUT2D eigenvalue weighted by Crippen LogP contribution is -2.08. The molecule has 4 nitrogen and oxygen atoms in total. The van der Waals surface area contributed by atoms with Crippen molar-refractivity contribution in [2.75, 3.05) is 6.61 Å². The fourth-order valence-electron chi connectivity index (χ4n) is 2.95. The average Bonchev–Trinajstić information content (AvgIpc) is 2.97. The van der Waals surface area contributed by atoms with Crippen LogP contribution in [0.5, 0.6) is 0 Å². The van der Waals surface area contributed by atoms with Crippen molar-refractivity contribution < 1.29 is 13.9 Å². The molecule has 0 aliphatic heterocycles. The Bertz CT molecular complexity index is 909. The second kappa shape index (κ2) is 9.30. The van der Waals surface area contributed by atoms with Crippen molar-refractivity contribution in [3.63, 3.8) is 0 Å². The Morgan fingerprint density at radius 2 is 1.93 bits per heavy atom. The molecule has 0 spiro atoms. The Labute approximate surface area is 167 Å². The van der Waals surface area contributed by atoms with Gasteiger partial charge in [-0.05, 0) is 36.1 Å². The molecule has 0 fully saturated rings. The molecule has 0 bridgehead atoms. The van der Waals surface area contributed by atoms with Crippen LogP contribution >= 0.6 is 11.8 Å². The highest BCUT2D eigenvalue weighted by Crippen LogP contribution is 2.36. The smallest absolute Gasteiger partial charge is 0.127 e. The van der Waals surface area contributed by atoms with Crippen LogP contribution < -0.4 is 0 Å². The number of aliphatic hydroxyl groups excluding tert-OH is 1. The van der Waals surface area contributed by atoms with Gasteiger partial charge in [0.1, 0.15) is 22.5 Å². The van der Waals surface area contributed by atoms with E-state index in [2.05, 4.69) is 9.55 Å². The molecule has 1 N–H and O–H groups in total. The molecule has 0 saturated heterocycles. The summed E-state index contributed by atoms with van der Waals surface area (Å²) in [7, 11) is 0. The highest BCUT2D eigenvalue weighted by Gasteiger charge is 2.21. The van der Waals surface area contributed by atoms with E-state index in [4.69, 9.17) is 4.98 Å². The minimum Gasteiger partial charge on any atom is -0.396 e. The number of aliphatic hydroxyl groups is 1. The summed E-state index contributed by atoms with van der Waals surface area (Å²) in [5, 5.41) is 10.1. The molecule has 0 aliphatic rings. The van der Waals surface area contributed by atoms with Gasteiger partial charge in [-0.15, -0.1) is 0 Å². The first kappa shape index (κ1) is 20.5. The summed E-state index contributed by atoms with van der Waals surface area (Å²) >= 11 is 1.31. The van der Waals surface area contributed by atoms with Gasteiger partial charge >= 0.3 is 0 Å². The molecule has 3 rings (SSSR count). The second-order valence-corrected chi connectivity index (χ2v) is 7.92. The van der Waals surface area contributed by atoms with Crippen molar-refractivity contribution >= 4 is 11.8 Å². The molecule has 0 saturated carbocycles. The minimum atomic E-state index is -0.604. The Hall–Kier alpha value is -2.25. The van der Waals surface area contributed by atoms with Crippen LogP contribution in [-0.2, 0) is 13.0 Å². The maximum absolute atomic E-state index is 13.7. The van der Waals surface area contributed by atoms with Gasteiger partial charge < -0.3 is 9.67 Å². The molecule has 0 amide bonds. The van der Waals surface area contributed by atoms with Gasteiger partial charge in [0.05, 0.1) is 12.2 Å². The number of benzene rings is 1. The summed E-state index contributed by atoms with van der Waals surface area (Å²) in [5.74, 6) is -0.218. The number of aryl methyl sites for hydroxylation is 1. The fourth-order valence-corrected chi connectivity index (χ4v) is 4.18. The van der Waals surface area contributed by atoms with Gasteiger partial charge in [0.25, 0.3) is 0 Å². The van der Waals surface area contributed by atoms with Gasteiger partial charge in [0.2, 0.25) is 0 Å². The third-order valence-electron chi connectivity index (χ3n) is 4.24. The Morgan fingerprint density at radius 3 is 2.54 bits per heavy atom. The number of imidazole rings is 1. The number of hydrogen-bond donors (Lipinski definition) is 1. The van der Waals surface area contributed by atoms with Crippen molar-refractivity contribution in [3.05, 3.63) is 71.4 Å². The summed E-state index contributed by atoms with van der Waals surface area (Å²) in [6.45, 7) is 4.72. The summed E-state index contributed by atoms with van der Waals surface area (Å²) in [4.78, 5) is 9.47. The van der Waals surface area contributed by atoms with Crippen LogP contribution in [0.4, 0.5) is 8.78 Å². The Balaban J connectivity index is 2.06. The minimum absolute atomic E-state index is 0.0777. The Kier molecular flexibility index (Phi) is 6.80. The summed E-state index contributed by atoms with van der Waals surface area (Å²) in [6.07, 6.45) is 4.73. The molecule has 148 valence electrons. The second-order valence-electron chi connectivity index (χ2n) is 6.85. The van der Waals surface area contributed by atoms with Gasteiger partial charge in [0.15, 0.2) is 0 Å². The zero-order valence-electron chi connectivity index (χ0n) is 15.9. The first-order valence-corrected chi connectivity index (χ1v) is 10.0. The highest BCUT2D eigenvalue weighted by atomic mass is 32.2. The van der Waals surface area contributed by atoms with Crippen molar-refractivity contribution in [2.24, 2.45) is 0 Å². The van der Waals surface area contributed by atoms with E-state index >= 15 is 0 Å². The van der Waals surface area contributed by atoms with Crippen molar-refractivity contribution in [1.82, 2.24) is 14.5 Å². The van der Waals surface area contributed by atoms with E-state index in [1.165, 1.54) is 23.9 Å². The molecule has 0 aliphatic carbocycles. The number of halogens is 2. The molecule has 2 heterocycles. The lowest BCUT2D eigenvalue weighted by molar-refractivity contribution is 0.287. The van der Waals surface area contributed by atoms with E-state index in [0.29, 0.717) is 24.3 Å². The third kappa shape index (κ3) is 4.97. The molecule has 0 unspecified atom stereocenters. The molecule has 3 aromatic rings. The van der Waals surface area contributed by atoms with E-state index in [-0.39, 0.29) is 12.5 Å². The molecular formula is C21H23F2N3OS. The van der Waals surface area contributed by atoms with Crippen LogP contribution in [0.2, 0.25) is 0 Å². The van der Waals surface area contributed by atoms with Crippen LogP contribution in [-0.4, -0.2) is 26.2 Å². The molecule has 28 heavy (non-hydrogen) atoms. The molecule has 0 atom stereocenters. The van der Waals surface area contributed by atoms with E-state index in [1.54, 1.807) is 12.4 Å². The van der Waals surface area contributed by atoms with Crippen LogP contribution in [0, 0.1) is 11.6 Å². The predicted octanol–water partition coefficient (Wildman–Crippen LogP) is 4.80. The van der Waals surface area contributed by atoms with Crippen LogP contribution in [0.25, 0.3) is 0 Å². The first-order chi connectivity index (χ1) is 13.5. The normalized spacial score (nSPS) is 11.4.